The number of aliphatic hydroxyl groups excluding tert-OH is 1. The van der Waals surface area contributed by atoms with Crippen LogP contribution in [0.4, 0.5) is 0 Å². The molecule has 2 aliphatic carbocycles. The van der Waals surface area contributed by atoms with Crippen molar-refractivity contribution in [2.24, 2.45) is 11.8 Å². The highest BCUT2D eigenvalue weighted by molar-refractivity contribution is 6.21. The van der Waals surface area contributed by atoms with E-state index in [1.165, 1.54) is 19.3 Å². The molecule has 2 saturated carbocycles. The third kappa shape index (κ3) is 0.714. The van der Waals surface area contributed by atoms with Crippen LogP contribution in [0.25, 0.3) is 0 Å². The topological polar surface area (TPSA) is 20.2 Å². The van der Waals surface area contributed by atoms with Gasteiger partial charge >= 0.3 is 0 Å². The average Bonchev–Trinajstić information content (AvgIpc) is 2.37. The summed E-state index contributed by atoms with van der Waals surface area (Å²) in [5.41, 5.74) is 0. The molecule has 52 valence electrons. The van der Waals surface area contributed by atoms with Crippen molar-refractivity contribution in [2.75, 3.05) is 0 Å². The van der Waals surface area contributed by atoms with Crippen molar-refractivity contribution in [3.05, 3.63) is 0 Å². The maximum atomic E-state index is 9.36. The first-order valence-electron chi connectivity index (χ1n) is 3.61. The Bertz CT molecular complexity index is 108. The zero-order valence-electron chi connectivity index (χ0n) is 5.26. The van der Waals surface area contributed by atoms with Crippen LogP contribution in [0.15, 0.2) is 0 Å². The molecule has 2 heteroatoms. The summed E-state index contributed by atoms with van der Waals surface area (Å²) in [5.74, 6) is 1.17. The maximum Gasteiger partial charge on any atom is 0.0734 e. The zero-order valence-corrected chi connectivity index (χ0v) is 6.01. The fourth-order valence-electron chi connectivity index (χ4n) is 2.19. The Kier molecular flexibility index (Phi) is 1.24. The number of hydrogen-bond donors (Lipinski definition) is 1. The second-order valence-corrected chi connectivity index (χ2v) is 3.77. The largest absolute Gasteiger partial charge is 0.391 e. The molecule has 2 rings (SSSR count). The number of fused-ring (bicyclic) bond motifs is 2. The summed E-state index contributed by atoms with van der Waals surface area (Å²) in [6.45, 7) is 0. The second-order valence-electron chi connectivity index (χ2n) is 3.27. The van der Waals surface area contributed by atoms with Gasteiger partial charge in [0, 0.05) is 0 Å². The molecule has 0 saturated heterocycles. The van der Waals surface area contributed by atoms with Gasteiger partial charge in [-0.25, -0.2) is 0 Å². The van der Waals surface area contributed by atoms with Gasteiger partial charge in [0.1, 0.15) is 0 Å². The summed E-state index contributed by atoms with van der Waals surface area (Å²) in [6.07, 6.45) is 3.44. The van der Waals surface area contributed by atoms with E-state index >= 15 is 0 Å². The molecule has 1 N–H and O–H groups in total. The van der Waals surface area contributed by atoms with Crippen LogP contribution in [0.3, 0.4) is 0 Å². The lowest BCUT2D eigenvalue weighted by molar-refractivity contribution is 0.117. The third-order valence-electron chi connectivity index (χ3n) is 2.77. The van der Waals surface area contributed by atoms with Crippen molar-refractivity contribution < 1.29 is 5.11 Å². The molecule has 2 bridgehead atoms. The van der Waals surface area contributed by atoms with Crippen molar-refractivity contribution in [2.45, 2.75) is 30.7 Å². The predicted molar refractivity (Wildman–Crippen MR) is 36.5 cm³/mol. The second kappa shape index (κ2) is 1.86. The van der Waals surface area contributed by atoms with E-state index in [0.29, 0.717) is 11.8 Å². The summed E-state index contributed by atoms with van der Waals surface area (Å²) in [6, 6.07) is 0. The van der Waals surface area contributed by atoms with Crippen LogP contribution >= 0.6 is 11.6 Å². The van der Waals surface area contributed by atoms with Crippen LogP contribution in [-0.4, -0.2) is 16.6 Å². The van der Waals surface area contributed by atoms with Crippen molar-refractivity contribution in [3.8, 4) is 0 Å². The minimum atomic E-state index is -0.189. The van der Waals surface area contributed by atoms with Gasteiger partial charge in [0.25, 0.3) is 0 Å². The molecule has 9 heavy (non-hydrogen) atoms. The number of halogens is 1. The van der Waals surface area contributed by atoms with Crippen molar-refractivity contribution in [3.63, 3.8) is 0 Å². The Morgan fingerprint density at radius 1 is 1.22 bits per heavy atom. The quantitative estimate of drug-likeness (QED) is 0.512. The smallest absolute Gasteiger partial charge is 0.0734 e. The highest BCUT2D eigenvalue weighted by atomic mass is 35.5. The maximum absolute atomic E-state index is 9.36. The molecular weight excluding hydrogens is 136 g/mol. The fourth-order valence-corrected chi connectivity index (χ4v) is 2.63. The minimum Gasteiger partial charge on any atom is -0.391 e. The predicted octanol–water partition coefficient (Wildman–Crippen LogP) is 1.38. The highest BCUT2D eigenvalue weighted by Gasteiger charge is 2.45. The van der Waals surface area contributed by atoms with Gasteiger partial charge in [-0.3, -0.25) is 0 Å². The van der Waals surface area contributed by atoms with Gasteiger partial charge in [-0.2, -0.15) is 0 Å². The molecule has 0 aromatic heterocycles. The Morgan fingerprint density at radius 3 is 2.22 bits per heavy atom. The van der Waals surface area contributed by atoms with Crippen LogP contribution < -0.4 is 0 Å². The first-order chi connectivity index (χ1) is 4.29. The Balaban J connectivity index is 2.15. The molecule has 0 aliphatic heterocycles. The molecule has 0 aromatic rings. The summed E-state index contributed by atoms with van der Waals surface area (Å²) < 4.78 is 0. The lowest BCUT2D eigenvalue weighted by Crippen LogP contribution is -2.27. The van der Waals surface area contributed by atoms with E-state index < -0.39 is 0 Å². The van der Waals surface area contributed by atoms with Crippen LogP contribution in [0.1, 0.15) is 19.3 Å². The Hall–Kier alpha value is 0.250. The Labute approximate surface area is 60.0 Å². The van der Waals surface area contributed by atoms with Crippen LogP contribution in [0.2, 0.25) is 0 Å². The van der Waals surface area contributed by atoms with E-state index in [4.69, 9.17) is 11.6 Å². The first kappa shape index (κ1) is 5.99. The molecule has 0 aromatic carbocycles. The van der Waals surface area contributed by atoms with E-state index in [9.17, 15) is 5.11 Å². The summed E-state index contributed by atoms with van der Waals surface area (Å²) in [7, 11) is 0. The summed E-state index contributed by atoms with van der Waals surface area (Å²) in [4.78, 5) is 0. The molecule has 0 spiro atoms. The number of rotatable bonds is 0. The lowest BCUT2D eigenvalue weighted by atomic mass is 9.97. The number of aliphatic hydroxyl groups is 1. The molecule has 0 unspecified atom stereocenters. The van der Waals surface area contributed by atoms with E-state index in [1.807, 2.05) is 0 Å². The standard InChI is InChI=1S/C7H11ClO/c8-6-4-1-2-5(3-4)7(6)9/h4-7,9H,1-3H2/t4-,5+,6+,7+/m1/s1. The lowest BCUT2D eigenvalue weighted by Gasteiger charge is -2.20. The van der Waals surface area contributed by atoms with Crippen LogP contribution in [0, 0.1) is 11.8 Å². The fraction of sp³-hybridized carbons (Fsp3) is 1.00. The van der Waals surface area contributed by atoms with Gasteiger partial charge < -0.3 is 5.11 Å². The first-order valence-corrected chi connectivity index (χ1v) is 4.05. The van der Waals surface area contributed by atoms with E-state index in [-0.39, 0.29) is 11.5 Å². The van der Waals surface area contributed by atoms with Gasteiger partial charge in [-0.1, -0.05) is 0 Å². The molecule has 0 amide bonds. The van der Waals surface area contributed by atoms with Gasteiger partial charge in [0.15, 0.2) is 0 Å². The molecule has 4 atom stereocenters. The molecule has 1 nitrogen and oxygen atoms in total. The monoisotopic (exact) mass is 146 g/mol. The molecule has 0 heterocycles. The summed E-state index contributed by atoms with van der Waals surface area (Å²) >= 11 is 5.91. The van der Waals surface area contributed by atoms with Crippen molar-refractivity contribution >= 4 is 11.6 Å². The normalized spacial score (nSPS) is 56.7. The summed E-state index contributed by atoms with van der Waals surface area (Å²) in [5, 5.41) is 9.43. The van der Waals surface area contributed by atoms with Gasteiger partial charge in [-0.05, 0) is 31.1 Å². The molecule has 0 radical (unpaired) electrons. The van der Waals surface area contributed by atoms with Crippen molar-refractivity contribution in [1.29, 1.82) is 0 Å². The van der Waals surface area contributed by atoms with Gasteiger partial charge in [0.05, 0.1) is 11.5 Å². The van der Waals surface area contributed by atoms with Gasteiger partial charge in [-0.15, -0.1) is 11.6 Å². The third-order valence-corrected chi connectivity index (χ3v) is 3.39. The SMILES string of the molecule is O[C@H]1[C@H]2CC[C@H](C2)[C@@H]1Cl. The number of alkyl halides is 1. The van der Waals surface area contributed by atoms with E-state index in [0.717, 1.165) is 0 Å². The molecular formula is C7H11ClO. The number of hydrogen-bond acceptors (Lipinski definition) is 1. The Morgan fingerprint density at radius 2 is 1.89 bits per heavy atom. The average molecular weight is 147 g/mol. The zero-order chi connectivity index (χ0) is 6.43. The van der Waals surface area contributed by atoms with E-state index in [2.05, 4.69) is 0 Å². The van der Waals surface area contributed by atoms with Crippen molar-refractivity contribution in [1.82, 2.24) is 0 Å². The minimum absolute atomic E-state index is 0.0729. The van der Waals surface area contributed by atoms with E-state index in [1.54, 1.807) is 0 Å². The van der Waals surface area contributed by atoms with Crippen LogP contribution in [0.5, 0.6) is 0 Å². The van der Waals surface area contributed by atoms with Gasteiger partial charge in [0.2, 0.25) is 0 Å². The molecule has 2 fully saturated rings. The van der Waals surface area contributed by atoms with Crippen LogP contribution in [-0.2, 0) is 0 Å². The highest BCUT2D eigenvalue weighted by Crippen LogP contribution is 2.46. The molecule has 2 aliphatic rings.